The van der Waals surface area contributed by atoms with Crippen molar-refractivity contribution in [2.45, 2.75) is 32.5 Å². The first-order chi connectivity index (χ1) is 16.6. The second-order valence-electron chi connectivity index (χ2n) is 8.86. The van der Waals surface area contributed by atoms with Gasteiger partial charge in [0.1, 0.15) is 5.69 Å². The molecule has 2 heterocycles. The fraction of sp³-hybridized carbons (Fsp3) is 0.400. The van der Waals surface area contributed by atoms with Crippen LogP contribution >= 0.6 is 11.6 Å². The van der Waals surface area contributed by atoms with Crippen LogP contribution in [0, 0.1) is 0 Å². The largest absolute Gasteiger partial charge is 0.416 e. The van der Waals surface area contributed by atoms with Crippen molar-refractivity contribution in [3.63, 3.8) is 0 Å². The van der Waals surface area contributed by atoms with Crippen LogP contribution in [0.3, 0.4) is 0 Å². The highest BCUT2D eigenvalue weighted by molar-refractivity contribution is 6.33. The van der Waals surface area contributed by atoms with E-state index >= 15 is 0 Å². The number of aromatic nitrogens is 3. The summed E-state index contributed by atoms with van der Waals surface area (Å²) in [6.45, 7) is 7.34. The summed E-state index contributed by atoms with van der Waals surface area (Å²) < 4.78 is 40.6. The van der Waals surface area contributed by atoms with Crippen molar-refractivity contribution in [3.8, 4) is 11.4 Å². The molecule has 10 heteroatoms. The van der Waals surface area contributed by atoms with Gasteiger partial charge in [0.25, 0.3) is 5.56 Å². The third-order valence-corrected chi connectivity index (χ3v) is 6.43. The Morgan fingerprint density at radius 2 is 1.71 bits per heavy atom. The number of anilines is 1. The van der Waals surface area contributed by atoms with Crippen LogP contribution in [0.15, 0.2) is 53.3 Å². The topological polar surface area (TPSA) is 54.3 Å². The van der Waals surface area contributed by atoms with E-state index in [9.17, 15) is 18.0 Å². The molecule has 3 aromatic rings. The van der Waals surface area contributed by atoms with E-state index in [1.165, 1.54) is 16.8 Å². The van der Waals surface area contributed by atoms with Gasteiger partial charge in [-0.05, 0) is 30.3 Å². The minimum absolute atomic E-state index is 0.0750. The van der Waals surface area contributed by atoms with Gasteiger partial charge in [-0.2, -0.15) is 13.2 Å². The summed E-state index contributed by atoms with van der Waals surface area (Å²) in [5.41, 5.74) is 0.801. The van der Waals surface area contributed by atoms with Gasteiger partial charge >= 0.3 is 6.18 Å². The Bertz CT molecular complexity index is 1240. The van der Waals surface area contributed by atoms with E-state index in [0.717, 1.165) is 6.07 Å². The molecule has 0 radical (unpaired) electrons. The third-order valence-electron chi connectivity index (χ3n) is 6.10. The van der Waals surface area contributed by atoms with Crippen LogP contribution in [-0.4, -0.2) is 52.4 Å². The van der Waals surface area contributed by atoms with E-state index in [2.05, 4.69) is 15.0 Å². The molecular formula is C25H27ClF3N5O. The highest BCUT2D eigenvalue weighted by Gasteiger charge is 2.31. The molecule has 4 rings (SSSR count). The van der Waals surface area contributed by atoms with Crippen molar-refractivity contribution < 1.29 is 13.2 Å². The average molecular weight is 506 g/mol. The molecule has 0 saturated carbocycles. The number of hydrogen-bond donors (Lipinski definition) is 0. The molecule has 186 valence electrons. The number of nitrogens with zero attached hydrogens (tertiary/aromatic N) is 5. The first-order valence-electron chi connectivity index (χ1n) is 11.5. The van der Waals surface area contributed by atoms with E-state index in [1.807, 2.05) is 36.9 Å². The molecule has 0 unspecified atom stereocenters. The van der Waals surface area contributed by atoms with Crippen molar-refractivity contribution in [2.24, 2.45) is 0 Å². The molecule has 0 bridgehead atoms. The van der Waals surface area contributed by atoms with E-state index in [1.54, 1.807) is 12.1 Å². The second kappa shape index (κ2) is 10.4. The molecule has 2 aromatic carbocycles. The van der Waals surface area contributed by atoms with Crippen molar-refractivity contribution >= 4 is 17.3 Å². The summed E-state index contributed by atoms with van der Waals surface area (Å²) in [5.74, 6) is 0.335. The Morgan fingerprint density at radius 1 is 1.00 bits per heavy atom. The highest BCUT2D eigenvalue weighted by Crippen LogP contribution is 2.32. The quantitative estimate of drug-likeness (QED) is 0.476. The predicted molar refractivity (Wildman–Crippen MR) is 131 cm³/mol. The maximum atomic E-state index is 13.1. The zero-order chi connectivity index (χ0) is 25.2. The Labute approximate surface area is 207 Å². The van der Waals surface area contributed by atoms with Crippen LogP contribution in [0.5, 0.6) is 0 Å². The normalized spacial score (nSPS) is 15.1. The van der Waals surface area contributed by atoms with Crippen LogP contribution in [-0.2, 0) is 12.7 Å². The standard InChI is InChI=1S/C25H27ClF3N5O/c1-17(2)22-24(35)34(31-23(30-22)20-8-3-4-9-21(20)26)15-12-32-10-13-33(14-11-32)19-7-5-6-18(16-19)25(27,28)29/h3-9,16-17H,10-15H2,1-2H3. The molecule has 1 aromatic heterocycles. The van der Waals surface area contributed by atoms with E-state index in [-0.39, 0.29) is 11.5 Å². The molecule has 1 fully saturated rings. The molecule has 1 aliphatic rings. The lowest BCUT2D eigenvalue weighted by molar-refractivity contribution is -0.137. The number of rotatable bonds is 6. The van der Waals surface area contributed by atoms with Gasteiger partial charge in [0.2, 0.25) is 0 Å². The van der Waals surface area contributed by atoms with Gasteiger partial charge in [0.05, 0.1) is 17.1 Å². The molecule has 0 spiro atoms. The summed E-state index contributed by atoms with van der Waals surface area (Å²) in [6.07, 6.45) is -4.36. The van der Waals surface area contributed by atoms with Crippen LogP contribution in [0.4, 0.5) is 18.9 Å². The lowest BCUT2D eigenvalue weighted by atomic mass is 10.1. The number of alkyl halides is 3. The van der Waals surface area contributed by atoms with Gasteiger partial charge < -0.3 is 4.90 Å². The zero-order valence-corrected chi connectivity index (χ0v) is 20.4. The summed E-state index contributed by atoms with van der Waals surface area (Å²) in [7, 11) is 0. The first-order valence-corrected chi connectivity index (χ1v) is 11.9. The SMILES string of the molecule is CC(C)c1nc(-c2ccccc2Cl)nn(CCN2CCN(c3cccc(C(F)(F)F)c3)CC2)c1=O. The molecular weight excluding hydrogens is 479 g/mol. The Morgan fingerprint density at radius 3 is 2.37 bits per heavy atom. The number of benzene rings is 2. The summed E-state index contributed by atoms with van der Waals surface area (Å²) >= 11 is 6.34. The minimum Gasteiger partial charge on any atom is -0.369 e. The van der Waals surface area contributed by atoms with Gasteiger partial charge in [0, 0.05) is 49.9 Å². The maximum Gasteiger partial charge on any atom is 0.416 e. The maximum absolute atomic E-state index is 13.1. The Balaban J connectivity index is 1.45. The zero-order valence-electron chi connectivity index (χ0n) is 19.6. The van der Waals surface area contributed by atoms with Crippen LogP contribution < -0.4 is 10.5 Å². The predicted octanol–water partition coefficient (Wildman–Crippen LogP) is 4.92. The molecule has 1 aliphatic heterocycles. The Hall–Kier alpha value is -2.91. The second-order valence-corrected chi connectivity index (χ2v) is 9.27. The van der Waals surface area contributed by atoms with E-state index < -0.39 is 11.7 Å². The molecule has 0 atom stereocenters. The highest BCUT2D eigenvalue weighted by atomic mass is 35.5. The first kappa shape index (κ1) is 25.2. The van der Waals surface area contributed by atoms with Crippen molar-refractivity contribution in [1.29, 1.82) is 0 Å². The van der Waals surface area contributed by atoms with Crippen molar-refractivity contribution in [3.05, 3.63) is 75.2 Å². The van der Waals surface area contributed by atoms with Gasteiger partial charge in [-0.25, -0.2) is 9.67 Å². The average Bonchev–Trinajstić information content (AvgIpc) is 2.83. The van der Waals surface area contributed by atoms with Gasteiger partial charge in [-0.15, -0.1) is 5.10 Å². The molecule has 0 aliphatic carbocycles. The number of halogens is 4. The van der Waals surface area contributed by atoms with Crippen molar-refractivity contribution in [2.75, 3.05) is 37.6 Å². The van der Waals surface area contributed by atoms with Crippen LogP contribution in [0.25, 0.3) is 11.4 Å². The van der Waals surface area contributed by atoms with Gasteiger partial charge in [-0.1, -0.05) is 43.6 Å². The van der Waals surface area contributed by atoms with Crippen LogP contribution in [0.2, 0.25) is 5.02 Å². The fourth-order valence-corrected chi connectivity index (χ4v) is 4.33. The monoisotopic (exact) mass is 505 g/mol. The molecule has 35 heavy (non-hydrogen) atoms. The van der Waals surface area contributed by atoms with Crippen molar-refractivity contribution in [1.82, 2.24) is 19.7 Å². The molecule has 0 N–H and O–H groups in total. The van der Waals surface area contributed by atoms with E-state index in [4.69, 9.17) is 11.6 Å². The Kier molecular flexibility index (Phi) is 7.47. The minimum atomic E-state index is -4.36. The lowest BCUT2D eigenvalue weighted by Crippen LogP contribution is -2.48. The van der Waals surface area contributed by atoms with Gasteiger partial charge in [0.15, 0.2) is 5.82 Å². The summed E-state index contributed by atoms with van der Waals surface area (Å²) in [6, 6.07) is 12.7. The summed E-state index contributed by atoms with van der Waals surface area (Å²) in [4.78, 5) is 21.6. The number of piperazine rings is 1. The molecule has 1 saturated heterocycles. The van der Waals surface area contributed by atoms with Crippen LogP contribution in [0.1, 0.15) is 31.0 Å². The fourth-order valence-electron chi connectivity index (χ4n) is 4.11. The van der Waals surface area contributed by atoms with Gasteiger partial charge in [-0.3, -0.25) is 9.69 Å². The summed E-state index contributed by atoms with van der Waals surface area (Å²) in [5, 5.41) is 5.00. The third kappa shape index (κ3) is 5.85. The molecule has 0 amide bonds. The lowest BCUT2D eigenvalue weighted by Gasteiger charge is -2.36. The smallest absolute Gasteiger partial charge is 0.369 e. The van der Waals surface area contributed by atoms with E-state index in [0.29, 0.717) is 67.1 Å². The molecule has 6 nitrogen and oxygen atoms in total. The number of hydrogen-bond acceptors (Lipinski definition) is 5.